The zero-order valence-electron chi connectivity index (χ0n) is 41.9. The summed E-state index contributed by atoms with van der Waals surface area (Å²) in [4.78, 5) is 68.4. The van der Waals surface area contributed by atoms with Crippen LogP contribution in [0.3, 0.4) is 0 Å². The van der Waals surface area contributed by atoms with Crippen LogP contribution in [0.15, 0.2) is 105 Å². The fraction of sp³-hybridized carbons (Fsp3) is 0.508. The highest BCUT2D eigenvalue weighted by Crippen LogP contribution is 2.39. The first-order valence-corrected chi connectivity index (χ1v) is 26.3. The van der Waals surface area contributed by atoms with Crippen molar-refractivity contribution < 1.29 is 29.0 Å². The highest BCUT2D eigenvalue weighted by atomic mass is 16.5. The first kappa shape index (κ1) is 51.3. The zero-order valence-corrected chi connectivity index (χ0v) is 41.9. The summed E-state index contributed by atoms with van der Waals surface area (Å²) in [5, 5.41) is 10.7. The number of aliphatic hydroxyl groups excluding tert-OH is 1. The lowest BCUT2D eigenvalue weighted by molar-refractivity contribution is 0.0955. The fourth-order valence-electron chi connectivity index (χ4n) is 11.5. The molecule has 0 amide bonds. The van der Waals surface area contributed by atoms with Crippen LogP contribution in [0.1, 0.15) is 158 Å². The monoisotopic (exact) mass is 961 g/mol. The molecule has 374 valence electrons. The highest BCUT2D eigenvalue weighted by Gasteiger charge is 2.36. The number of carbonyl (C=O) groups is 3. The van der Waals surface area contributed by atoms with E-state index >= 15 is 0 Å². The van der Waals surface area contributed by atoms with E-state index in [-0.39, 0.29) is 53.6 Å². The summed E-state index contributed by atoms with van der Waals surface area (Å²) in [6.07, 6.45) is 20.1. The number of rotatable bonds is 19. The van der Waals surface area contributed by atoms with Gasteiger partial charge in [0.1, 0.15) is 12.2 Å². The molecule has 2 saturated carbocycles. The SMILES string of the molecule is CC1CCC(Oc2ncccc2C=O)CC(CCC(=O)c2ccccc2CC2CCN=CC(C3CC(Oc4ncccc4C(C)O)CC(CCC(=O)c4ccccc4CC4CCN=CC=N4)CC3C)=N2)C1. The van der Waals surface area contributed by atoms with E-state index in [1.807, 2.05) is 54.7 Å². The standard InChI is InChI=1S/C59H72N6O6/c1-39-16-19-49(70-58-46(38-66)12-8-24-63-58)32-42(30-39)17-20-56(68)53-14-7-5-11-45(53)35-48-23-27-61-37-55(65-48)54-36-50(71-59-51(41(3)67)15-9-25-64-59)33-43(31-40(54)2)18-21-57(69)52-13-6-4-10-44(52)34-47-22-26-60-28-29-62-47/h4-15,24-25,28-29,37-43,47-50,54,67H,16-23,26-27,30-36H2,1-3H3. The number of benzene rings is 2. The minimum absolute atomic E-state index is 0.0305. The maximum atomic E-state index is 14.2. The summed E-state index contributed by atoms with van der Waals surface area (Å²) in [6, 6.07) is 23.2. The highest BCUT2D eigenvalue weighted by molar-refractivity contribution is 6.31. The predicted molar refractivity (Wildman–Crippen MR) is 281 cm³/mol. The summed E-state index contributed by atoms with van der Waals surface area (Å²) >= 11 is 0. The maximum Gasteiger partial charge on any atom is 0.224 e. The topological polar surface area (TPSA) is 165 Å². The molecule has 4 heterocycles. The summed E-state index contributed by atoms with van der Waals surface area (Å²) in [5.41, 5.74) is 5.65. The molecule has 71 heavy (non-hydrogen) atoms. The molecule has 2 aliphatic heterocycles. The number of Topliss-reactive ketones (excluding diaryl/α,β-unsaturated/α-hetero) is 2. The lowest BCUT2D eigenvalue weighted by atomic mass is 9.82. The molecule has 1 N–H and O–H groups in total. The molecule has 12 nitrogen and oxygen atoms in total. The Kier molecular flexibility index (Phi) is 18.4. The average Bonchev–Trinajstić information content (AvgIpc) is 3.90. The Balaban J connectivity index is 0.959. The smallest absolute Gasteiger partial charge is 0.224 e. The van der Waals surface area contributed by atoms with Crippen molar-refractivity contribution >= 4 is 42.2 Å². The molecule has 2 fully saturated rings. The number of aldehydes is 1. The van der Waals surface area contributed by atoms with Crippen LogP contribution in [0.5, 0.6) is 11.8 Å². The van der Waals surface area contributed by atoms with E-state index in [2.05, 4.69) is 45.9 Å². The normalized spacial score (nSPS) is 26.2. The fourth-order valence-corrected chi connectivity index (χ4v) is 11.5. The van der Waals surface area contributed by atoms with E-state index in [9.17, 15) is 19.5 Å². The minimum Gasteiger partial charge on any atom is -0.474 e. The van der Waals surface area contributed by atoms with Gasteiger partial charge in [0, 0.05) is 79.6 Å². The van der Waals surface area contributed by atoms with E-state index < -0.39 is 6.10 Å². The van der Waals surface area contributed by atoms with Gasteiger partial charge in [-0.25, -0.2) is 9.97 Å². The Morgan fingerprint density at radius 2 is 1.32 bits per heavy atom. The Hall–Kier alpha value is -6.01. The first-order chi connectivity index (χ1) is 34.6. The summed E-state index contributed by atoms with van der Waals surface area (Å²) in [5.74, 6) is 2.41. The lowest BCUT2D eigenvalue weighted by Crippen LogP contribution is -2.29. The second-order valence-corrected chi connectivity index (χ2v) is 20.7. The van der Waals surface area contributed by atoms with Crippen molar-refractivity contribution in [1.29, 1.82) is 0 Å². The third-order valence-electron chi connectivity index (χ3n) is 15.2. The van der Waals surface area contributed by atoms with Gasteiger partial charge in [-0.15, -0.1) is 0 Å². The third kappa shape index (κ3) is 14.3. The molecule has 12 heteroatoms. The van der Waals surface area contributed by atoms with E-state index in [0.717, 1.165) is 105 Å². The third-order valence-corrected chi connectivity index (χ3v) is 15.2. The molecular weight excluding hydrogens is 889 g/mol. The van der Waals surface area contributed by atoms with E-state index in [0.29, 0.717) is 73.4 Å². The summed E-state index contributed by atoms with van der Waals surface area (Å²) in [7, 11) is 0. The number of ketones is 2. The number of nitrogens with zero attached hydrogens (tertiary/aromatic N) is 6. The van der Waals surface area contributed by atoms with Crippen LogP contribution in [-0.4, -0.2) is 94.7 Å². The molecule has 2 aromatic carbocycles. The first-order valence-electron chi connectivity index (χ1n) is 26.3. The van der Waals surface area contributed by atoms with Gasteiger partial charge in [0.15, 0.2) is 17.9 Å². The molecule has 2 aliphatic carbocycles. The molecule has 0 saturated heterocycles. The minimum atomic E-state index is -0.748. The van der Waals surface area contributed by atoms with Gasteiger partial charge >= 0.3 is 0 Å². The Bertz CT molecular complexity index is 2550. The van der Waals surface area contributed by atoms with Crippen LogP contribution >= 0.6 is 0 Å². The van der Waals surface area contributed by atoms with Gasteiger partial charge in [0.25, 0.3) is 0 Å². The summed E-state index contributed by atoms with van der Waals surface area (Å²) in [6.45, 7) is 7.68. The molecule has 10 atom stereocenters. The molecule has 4 aliphatic rings. The molecule has 8 rings (SSSR count). The van der Waals surface area contributed by atoms with Crippen molar-refractivity contribution in [3.05, 3.63) is 119 Å². The number of aromatic nitrogens is 2. The van der Waals surface area contributed by atoms with Crippen molar-refractivity contribution in [2.75, 3.05) is 13.1 Å². The molecular formula is C59H72N6O6. The van der Waals surface area contributed by atoms with Crippen molar-refractivity contribution in [2.45, 2.75) is 147 Å². The largest absolute Gasteiger partial charge is 0.474 e. The van der Waals surface area contributed by atoms with Gasteiger partial charge in [-0.05, 0) is 149 Å². The molecule has 2 aromatic heterocycles. The van der Waals surface area contributed by atoms with Crippen molar-refractivity contribution in [3.8, 4) is 11.8 Å². The van der Waals surface area contributed by atoms with Crippen LogP contribution in [0.25, 0.3) is 0 Å². The number of aliphatic imine (C=N–C) groups is 4. The van der Waals surface area contributed by atoms with Crippen molar-refractivity contribution in [3.63, 3.8) is 0 Å². The number of ether oxygens (including phenoxy) is 2. The molecule has 10 unspecified atom stereocenters. The van der Waals surface area contributed by atoms with E-state index in [1.165, 1.54) is 0 Å². The van der Waals surface area contributed by atoms with Gasteiger partial charge in [0.05, 0.1) is 29.5 Å². The lowest BCUT2D eigenvalue weighted by Gasteiger charge is -2.26. The Morgan fingerprint density at radius 3 is 2.06 bits per heavy atom. The molecule has 4 aromatic rings. The number of pyridine rings is 2. The quantitative estimate of drug-likeness (QED) is 0.0551. The zero-order chi connectivity index (χ0) is 49.5. The molecule has 0 spiro atoms. The van der Waals surface area contributed by atoms with Crippen molar-refractivity contribution in [1.82, 2.24) is 9.97 Å². The van der Waals surface area contributed by atoms with Crippen molar-refractivity contribution in [2.24, 2.45) is 49.6 Å². The number of aliphatic hydroxyl groups is 1. The maximum absolute atomic E-state index is 14.2. The number of hydrogen-bond donors (Lipinski definition) is 1. The average molecular weight is 961 g/mol. The second-order valence-electron chi connectivity index (χ2n) is 20.7. The Morgan fingerprint density at radius 1 is 0.690 bits per heavy atom. The Labute approximate surface area is 420 Å². The van der Waals surface area contributed by atoms with Crippen LogP contribution in [-0.2, 0) is 12.8 Å². The predicted octanol–water partition coefficient (Wildman–Crippen LogP) is 11.0. The molecule has 0 radical (unpaired) electrons. The van der Waals surface area contributed by atoms with Crippen LogP contribution in [0.2, 0.25) is 0 Å². The van der Waals surface area contributed by atoms with Gasteiger partial charge in [0.2, 0.25) is 11.8 Å². The van der Waals surface area contributed by atoms with E-state index in [4.69, 9.17) is 19.5 Å². The van der Waals surface area contributed by atoms with Gasteiger partial charge in [-0.2, -0.15) is 0 Å². The van der Waals surface area contributed by atoms with Crippen LogP contribution in [0, 0.1) is 29.6 Å². The molecule has 0 bridgehead atoms. The second kappa shape index (κ2) is 25.4. The number of carbonyl (C=O) groups excluding carboxylic acids is 3. The van der Waals surface area contributed by atoms with Gasteiger partial charge in [-0.1, -0.05) is 62.4 Å². The van der Waals surface area contributed by atoms with Gasteiger partial charge in [-0.3, -0.25) is 34.4 Å². The number of hydrogen-bond acceptors (Lipinski definition) is 12. The van der Waals surface area contributed by atoms with Gasteiger partial charge < -0.3 is 14.6 Å². The van der Waals surface area contributed by atoms with E-state index in [1.54, 1.807) is 43.9 Å². The summed E-state index contributed by atoms with van der Waals surface area (Å²) < 4.78 is 13.1. The van der Waals surface area contributed by atoms with Crippen LogP contribution < -0.4 is 9.47 Å². The van der Waals surface area contributed by atoms with Crippen LogP contribution in [0.4, 0.5) is 0 Å².